The van der Waals surface area contributed by atoms with Crippen LogP contribution in [0.3, 0.4) is 0 Å². The zero-order chi connectivity index (χ0) is 20.0. The van der Waals surface area contributed by atoms with E-state index in [0.717, 1.165) is 10.5 Å². The maximum Gasteiger partial charge on any atom is 0.366 e. The third kappa shape index (κ3) is 3.08. The van der Waals surface area contributed by atoms with Crippen molar-refractivity contribution in [3.05, 3.63) is 41.2 Å². The van der Waals surface area contributed by atoms with Crippen LogP contribution in [0.5, 0.6) is 0 Å². The van der Waals surface area contributed by atoms with Gasteiger partial charge in [0.05, 0.1) is 0 Å². The fourth-order valence-corrected chi connectivity index (χ4v) is 4.04. The van der Waals surface area contributed by atoms with Gasteiger partial charge in [0, 0.05) is 37.9 Å². The predicted octanol–water partition coefficient (Wildman–Crippen LogP) is 1.43. The molecule has 0 radical (unpaired) electrons. The molecule has 0 N–H and O–H groups in total. The van der Waals surface area contributed by atoms with Gasteiger partial charge in [-0.1, -0.05) is 23.7 Å². The Morgan fingerprint density at radius 2 is 1.86 bits per heavy atom. The maximum atomic E-state index is 12.9. The summed E-state index contributed by atoms with van der Waals surface area (Å²) < 4.78 is 3.64. The number of imide groups is 1. The van der Waals surface area contributed by atoms with Crippen LogP contribution in [0.1, 0.15) is 5.56 Å². The topological polar surface area (TPSA) is 86.7 Å². The zero-order valence-corrected chi connectivity index (χ0v) is 17.0. The number of likely N-dealkylation sites (N-methyl/N-ethyl adjacent to an activating group) is 2. The number of carbonyl (C=O) groups is 2. The third-order valence-corrected chi connectivity index (χ3v) is 5.93. The van der Waals surface area contributed by atoms with Crippen LogP contribution in [-0.2, 0) is 18.4 Å². The van der Waals surface area contributed by atoms with Crippen LogP contribution >= 0.6 is 23.4 Å². The molecule has 0 saturated carbocycles. The van der Waals surface area contributed by atoms with Crippen LogP contribution in [-0.4, -0.2) is 72.2 Å². The summed E-state index contributed by atoms with van der Waals surface area (Å²) in [5.74, 6) is 0.0936. The van der Waals surface area contributed by atoms with Gasteiger partial charge in [-0.3, -0.25) is 14.6 Å². The minimum atomic E-state index is -0.681. The van der Waals surface area contributed by atoms with Gasteiger partial charge in [0.2, 0.25) is 5.16 Å². The second-order valence-corrected chi connectivity index (χ2v) is 7.85. The molecule has 0 bridgehead atoms. The second-order valence-electron chi connectivity index (χ2n) is 6.47. The summed E-state index contributed by atoms with van der Waals surface area (Å²) >= 11 is 7.29. The van der Waals surface area contributed by atoms with Crippen LogP contribution in [0.4, 0.5) is 4.79 Å². The number of amides is 3. The molecule has 1 aromatic heterocycles. The van der Waals surface area contributed by atoms with Crippen molar-refractivity contribution in [2.24, 2.45) is 12.0 Å². The average Bonchev–Trinajstić information content (AvgIpc) is 3.24. The second kappa shape index (κ2) is 7.02. The SMILES string of the molecule is CN1C(=O)C2C(=NC(Sc3nncn3C)=[N+]2Cc2ccc(Cl)cc2)N(C)C1=O. The molecule has 28 heavy (non-hydrogen) atoms. The van der Waals surface area contributed by atoms with Gasteiger partial charge < -0.3 is 4.57 Å². The van der Waals surface area contributed by atoms with E-state index in [1.807, 2.05) is 23.8 Å². The summed E-state index contributed by atoms with van der Waals surface area (Å²) in [6, 6.07) is 6.31. The van der Waals surface area contributed by atoms with Crippen molar-refractivity contribution in [3.8, 4) is 0 Å². The molecular weight excluding hydrogens is 402 g/mol. The van der Waals surface area contributed by atoms with Gasteiger partial charge in [-0.15, -0.1) is 10.2 Å². The van der Waals surface area contributed by atoms with Gasteiger partial charge in [-0.25, -0.2) is 9.37 Å². The van der Waals surface area contributed by atoms with E-state index in [4.69, 9.17) is 11.6 Å². The fourth-order valence-electron chi connectivity index (χ4n) is 3.05. The fraction of sp³-hybridized carbons (Fsp3) is 0.294. The molecule has 2 aliphatic rings. The quantitative estimate of drug-likeness (QED) is 0.704. The monoisotopic (exact) mass is 418 g/mol. The van der Waals surface area contributed by atoms with Crippen molar-refractivity contribution < 1.29 is 14.2 Å². The lowest BCUT2D eigenvalue weighted by Gasteiger charge is -2.30. The number of carbonyl (C=O) groups excluding carboxylic acids is 2. The average molecular weight is 419 g/mol. The third-order valence-electron chi connectivity index (χ3n) is 4.61. The number of aromatic nitrogens is 3. The Morgan fingerprint density at radius 3 is 2.50 bits per heavy atom. The molecule has 3 heterocycles. The molecule has 4 rings (SSSR count). The molecule has 1 fully saturated rings. The molecule has 9 nitrogen and oxygen atoms in total. The molecule has 1 aromatic carbocycles. The molecule has 2 aromatic rings. The van der Waals surface area contributed by atoms with Crippen molar-refractivity contribution in [1.82, 2.24) is 24.6 Å². The first-order valence-electron chi connectivity index (χ1n) is 8.40. The molecular formula is C17H17ClN7O2S+. The first-order chi connectivity index (χ1) is 13.4. The maximum absolute atomic E-state index is 12.9. The lowest BCUT2D eigenvalue weighted by Crippen LogP contribution is -2.61. The highest BCUT2D eigenvalue weighted by atomic mass is 35.5. The van der Waals surface area contributed by atoms with E-state index >= 15 is 0 Å². The highest BCUT2D eigenvalue weighted by Gasteiger charge is 2.53. The van der Waals surface area contributed by atoms with E-state index in [0.29, 0.717) is 27.7 Å². The molecule has 0 aliphatic carbocycles. The molecule has 0 spiro atoms. The van der Waals surface area contributed by atoms with Crippen LogP contribution in [0.15, 0.2) is 40.7 Å². The smallest absolute Gasteiger partial charge is 0.311 e. The number of aliphatic imine (C=N–C) groups is 1. The Labute approximate surface area is 170 Å². The van der Waals surface area contributed by atoms with Gasteiger partial charge in [0.1, 0.15) is 12.9 Å². The normalized spacial score (nSPS) is 19.4. The summed E-state index contributed by atoms with van der Waals surface area (Å²) in [5, 5.41) is 9.82. The summed E-state index contributed by atoms with van der Waals surface area (Å²) in [6.45, 7) is 0.427. The molecule has 144 valence electrons. The highest BCUT2D eigenvalue weighted by Crippen LogP contribution is 2.27. The molecule has 2 aliphatic heterocycles. The van der Waals surface area contributed by atoms with Crippen LogP contribution < -0.4 is 0 Å². The van der Waals surface area contributed by atoms with Crippen molar-refractivity contribution in [2.75, 3.05) is 14.1 Å². The summed E-state index contributed by atoms with van der Waals surface area (Å²) in [6.07, 6.45) is 1.59. The number of aryl methyl sites for hydroxylation is 1. The van der Waals surface area contributed by atoms with Crippen molar-refractivity contribution >= 4 is 46.3 Å². The zero-order valence-electron chi connectivity index (χ0n) is 15.4. The van der Waals surface area contributed by atoms with Gasteiger partial charge in [0.15, 0.2) is 0 Å². The van der Waals surface area contributed by atoms with E-state index in [2.05, 4.69) is 15.2 Å². The Balaban J connectivity index is 1.77. The van der Waals surface area contributed by atoms with Gasteiger partial charge in [-0.2, -0.15) is 0 Å². The van der Waals surface area contributed by atoms with Gasteiger partial charge >= 0.3 is 11.2 Å². The number of rotatable bonds is 3. The largest absolute Gasteiger partial charge is 0.366 e. The highest BCUT2D eigenvalue weighted by molar-refractivity contribution is 8.13. The van der Waals surface area contributed by atoms with Crippen LogP contribution in [0, 0.1) is 0 Å². The molecule has 11 heteroatoms. The Morgan fingerprint density at radius 1 is 1.14 bits per heavy atom. The van der Waals surface area contributed by atoms with E-state index < -0.39 is 12.1 Å². The standard InChI is InChI=1S/C17H17ClN7O2S/c1-22-9-19-21-16(22)28-15-20-13-12(14(26)24(3)17(27)23(13)2)25(15)8-10-4-6-11(18)7-5-10/h4-7,9,12H,8H2,1-3H3/q+1. The van der Waals surface area contributed by atoms with Crippen molar-refractivity contribution in [2.45, 2.75) is 17.7 Å². The Hall–Kier alpha value is -2.72. The Bertz CT molecular complexity index is 1030. The molecule has 1 saturated heterocycles. The number of halogens is 1. The number of urea groups is 1. The van der Waals surface area contributed by atoms with E-state index in [1.54, 1.807) is 30.1 Å². The minimum Gasteiger partial charge on any atom is -0.311 e. The van der Waals surface area contributed by atoms with Gasteiger partial charge in [0.25, 0.3) is 17.8 Å². The number of nitrogens with zero attached hydrogens (tertiary/aromatic N) is 7. The van der Waals surface area contributed by atoms with Crippen molar-refractivity contribution in [3.63, 3.8) is 0 Å². The first-order valence-corrected chi connectivity index (χ1v) is 9.60. The summed E-state index contributed by atoms with van der Waals surface area (Å²) in [7, 11) is 4.93. The lowest BCUT2D eigenvalue weighted by molar-refractivity contribution is -0.548. The van der Waals surface area contributed by atoms with E-state index in [-0.39, 0.29) is 5.91 Å². The number of hydrogen-bond acceptors (Lipinski definition) is 6. The number of thioether (sulfide) groups is 1. The first kappa shape index (κ1) is 18.6. The number of amidine groups is 2. The number of hydrogen-bond donors (Lipinski definition) is 0. The van der Waals surface area contributed by atoms with Crippen LogP contribution in [0.2, 0.25) is 5.02 Å². The minimum absolute atomic E-state index is 0.315. The number of benzene rings is 1. The molecule has 3 amide bonds. The summed E-state index contributed by atoms with van der Waals surface area (Å²) in [5.41, 5.74) is 0.965. The van der Waals surface area contributed by atoms with Crippen molar-refractivity contribution in [1.29, 1.82) is 0 Å². The number of fused-ring (bicyclic) bond motifs is 1. The van der Waals surface area contributed by atoms with E-state index in [9.17, 15) is 9.59 Å². The molecule has 1 unspecified atom stereocenters. The van der Waals surface area contributed by atoms with Gasteiger partial charge in [-0.05, 0) is 22.7 Å². The van der Waals surface area contributed by atoms with Crippen LogP contribution in [0.25, 0.3) is 0 Å². The summed E-state index contributed by atoms with van der Waals surface area (Å²) in [4.78, 5) is 32.4. The van der Waals surface area contributed by atoms with E-state index in [1.165, 1.54) is 23.7 Å². The lowest BCUT2D eigenvalue weighted by atomic mass is 10.1. The Kier molecular flexibility index (Phi) is 4.68. The predicted molar refractivity (Wildman–Crippen MR) is 104 cm³/mol. The molecule has 1 atom stereocenters.